The number of nitrogens with one attached hydrogen (secondary N) is 2. The molecule has 0 aliphatic carbocycles. The van der Waals surface area contributed by atoms with E-state index in [1.807, 2.05) is 35.0 Å². The van der Waals surface area contributed by atoms with Crippen LogP contribution < -0.4 is 10.2 Å². The fourth-order valence-electron chi connectivity index (χ4n) is 1.93. The van der Waals surface area contributed by atoms with Gasteiger partial charge < -0.3 is 10.2 Å². The number of nitrogens with zero attached hydrogens (tertiary/aromatic N) is 2. The van der Waals surface area contributed by atoms with Gasteiger partial charge in [0.1, 0.15) is 0 Å². The summed E-state index contributed by atoms with van der Waals surface area (Å²) in [5, 5.41) is 11.4. The molecule has 2 aromatic rings. The molecule has 2 N–H and O–H groups in total. The van der Waals surface area contributed by atoms with Gasteiger partial charge in [-0.25, -0.2) is 0 Å². The van der Waals surface area contributed by atoms with Crippen molar-refractivity contribution in [2.24, 2.45) is 0 Å². The first-order chi connectivity index (χ1) is 9.47. The van der Waals surface area contributed by atoms with Gasteiger partial charge in [0.15, 0.2) is 0 Å². The maximum Gasteiger partial charge on any atom is 0.324 e. The molecule has 0 amide bonds. The van der Waals surface area contributed by atoms with E-state index >= 15 is 0 Å². The van der Waals surface area contributed by atoms with Gasteiger partial charge in [-0.1, -0.05) is 0 Å². The van der Waals surface area contributed by atoms with Crippen molar-refractivity contribution in [1.29, 1.82) is 0 Å². The van der Waals surface area contributed by atoms with E-state index in [0.717, 1.165) is 10.0 Å². The van der Waals surface area contributed by atoms with Gasteiger partial charge in [-0.3, -0.25) is 9.13 Å². The predicted octanol–water partition coefficient (Wildman–Crippen LogP) is 4.43. The SMILES string of the molecule is CN1P(=O)(Nc2cccs2)N(C)P1(=O)Nc1cccs1. The molecule has 0 unspecified atom stereocenters. The quantitative estimate of drug-likeness (QED) is 0.797. The van der Waals surface area contributed by atoms with Crippen LogP contribution >= 0.6 is 37.9 Å². The van der Waals surface area contributed by atoms with Gasteiger partial charge in [0, 0.05) is 14.1 Å². The topological polar surface area (TPSA) is 64.7 Å². The highest BCUT2D eigenvalue weighted by Gasteiger charge is 2.61. The summed E-state index contributed by atoms with van der Waals surface area (Å²) in [5.41, 5.74) is 0. The van der Waals surface area contributed by atoms with Gasteiger partial charge in [0.2, 0.25) is 0 Å². The number of anilines is 2. The highest BCUT2D eigenvalue weighted by molar-refractivity contribution is 7.89. The molecule has 0 aromatic carbocycles. The lowest BCUT2D eigenvalue weighted by molar-refractivity contribution is 0.433. The second-order valence-corrected chi connectivity index (χ2v) is 11.8. The van der Waals surface area contributed by atoms with Crippen LogP contribution in [0.3, 0.4) is 0 Å². The van der Waals surface area contributed by atoms with Gasteiger partial charge in [-0.2, -0.15) is 0 Å². The van der Waals surface area contributed by atoms with Crippen LogP contribution in [0.2, 0.25) is 0 Å². The Morgan fingerprint density at radius 2 is 1.30 bits per heavy atom. The molecule has 10 heteroatoms. The first kappa shape index (κ1) is 14.3. The average molecular weight is 348 g/mol. The van der Waals surface area contributed by atoms with Crippen LogP contribution in [0.25, 0.3) is 0 Å². The average Bonchev–Trinajstić information content (AvgIpc) is 3.10. The Bertz CT molecular complexity index is 612. The molecule has 0 bridgehead atoms. The second kappa shape index (κ2) is 4.98. The molecule has 108 valence electrons. The van der Waals surface area contributed by atoms with Gasteiger partial charge in [-0.15, -0.1) is 31.6 Å². The maximum absolute atomic E-state index is 12.9. The van der Waals surface area contributed by atoms with Crippen molar-refractivity contribution in [2.75, 3.05) is 24.3 Å². The standard InChI is InChI=1S/C10H14N4O2P2S2/c1-13-17(15,11-9-5-3-7-19-9)14(2)18(13,16)12-10-6-4-8-20-10/h3-8H,1-2H3,(H,11,15)(H,12,16). The van der Waals surface area contributed by atoms with E-state index in [1.165, 1.54) is 31.6 Å². The fraction of sp³-hybridized carbons (Fsp3) is 0.200. The second-order valence-electron chi connectivity index (χ2n) is 4.25. The van der Waals surface area contributed by atoms with Crippen LogP contribution in [0.5, 0.6) is 0 Å². The Morgan fingerprint density at radius 1 is 0.900 bits per heavy atom. The summed E-state index contributed by atoms with van der Waals surface area (Å²) in [4.78, 5) is 0. The molecule has 1 aliphatic heterocycles. The third-order valence-corrected chi connectivity index (χ3v) is 12.1. The summed E-state index contributed by atoms with van der Waals surface area (Å²) in [5.74, 6) is 0. The molecule has 1 aliphatic rings. The minimum atomic E-state index is -3.00. The molecule has 6 nitrogen and oxygen atoms in total. The van der Waals surface area contributed by atoms with Crippen LogP contribution in [-0.4, -0.2) is 23.0 Å². The summed E-state index contributed by atoms with van der Waals surface area (Å²) in [7, 11) is -2.77. The number of hydrogen-bond donors (Lipinski definition) is 2. The minimum absolute atomic E-state index is 0.800. The zero-order valence-electron chi connectivity index (χ0n) is 10.9. The van der Waals surface area contributed by atoms with Crippen molar-refractivity contribution >= 4 is 47.9 Å². The minimum Gasteiger partial charge on any atom is -0.303 e. The van der Waals surface area contributed by atoms with Crippen molar-refractivity contribution < 1.29 is 9.13 Å². The van der Waals surface area contributed by atoms with Crippen molar-refractivity contribution in [2.45, 2.75) is 0 Å². The molecular formula is C10H14N4O2P2S2. The molecule has 2 aromatic heterocycles. The zero-order chi connectivity index (χ0) is 14.4. The van der Waals surface area contributed by atoms with Crippen LogP contribution in [0, 0.1) is 0 Å². The van der Waals surface area contributed by atoms with E-state index in [1.54, 1.807) is 14.1 Å². The molecule has 1 fully saturated rings. The van der Waals surface area contributed by atoms with Crippen molar-refractivity contribution in [1.82, 2.24) is 8.88 Å². The van der Waals surface area contributed by atoms with Gasteiger partial charge in [-0.05, 0) is 35.0 Å². The molecular weight excluding hydrogens is 334 g/mol. The lowest BCUT2D eigenvalue weighted by Gasteiger charge is -2.51. The maximum atomic E-state index is 12.9. The summed E-state index contributed by atoms with van der Waals surface area (Å²) in [6.07, 6.45) is 0. The van der Waals surface area contributed by atoms with Gasteiger partial charge in [0.05, 0.1) is 10.0 Å². The lowest BCUT2D eigenvalue weighted by Crippen LogP contribution is -2.43. The van der Waals surface area contributed by atoms with E-state index in [9.17, 15) is 9.13 Å². The van der Waals surface area contributed by atoms with Crippen LogP contribution in [0.1, 0.15) is 0 Å². The Labute approximate surface area is 125 Å². The van der Waals surface area contributed by atoms with Crippen LogP contribution in [0.4, 0.5) is 10.0 Å². The predicted molar refractivity (Wildman–Crippen MR) is 86.6 cm³/mol. The molecule has 3 rings (SSSR count). The first-order valence-corrected chi connectivity index (χ1v) is 10.8. The van der Waals surface area contributed by atoms with E-state index in [4.69, 9.17) is 0 Å². The van der Waals surface area contributed by atoms with E-state index in [-0.39, 0.29) is 0 Å². The van der Waals surface area contributed by atoms with Crippen LogP contribution in [0.15, 0.2) is 35.0 Å². The Morgan fingerprint density at radius 3 is 1.60 bits per heavy atom. The van der Waals surface area contributed by atoms with E-state index in [0.29, 0.717) is 0 Å². The Hall–Kier alpha value is -0.620. The van der Waals surface area contributed by atoms with E-state index in [2.05, 4.69) is 10.2 Å². The Kier molecular flexibility index (Phi) is 3.57. The number of thiophene rings is 2. The van der Waals surface area contributed by atoms with E-state index < -0.39 is 15.2 Å². The normalized spacial score (nSPS) is 30.9. The summed E-state index contributed by atoms with van der Waals surface area (Å²) in [6, 6.07) is 7.45. The number of rotatable bonds is 4. The first-order valence-electron chi connectivity index (χ1n) is 5.80. The molecule has 1 saturated heterocycles. The monoisotopic (exact) mass is 348 g/mol. The molecule has 20 heavy (non-hydrogen) atoms. The highest BCUT2D eigenvalue weighted by atomic mass is 32.1. The smallest absolute Gasteiger partial charge is 0.303 e. The summed E-state index contributed by atoms with van der Waals surface area (Å²) in [6.45, 7) is 0. The third kappa shape index (κ3) is 2.08. The zero-order valence-corrected chi connectivity index (χ0v) is 14.3. The fourth-order valence-corrected chi connectivity index (χ4v) is 10.1. The summed E-state index contributed by atoms with van der Waals surface area (Å²) < 4.78 is 28.6. The molecule has 0 atom stereocenters. The van der Waals surface area contributed by atoms with Crippen molar-refractivity contribution in [3.8, 4) is 0 Å². The van der Waals surface area contributed by atoms with Crippen molar-refractivity contribution in [3.63, 3.8) is 0 Å². The third-order valence-electron chi connectivity index (χ3n) is 3.12. The molecule has 3 heterocycles. The summed E-state index contributed by atoms with van der Waals surface area (Å²) >= 11 is 2.93. The molecule has 0 saturated carbocycles. The highest BCUT2D eigenvalue weighted by Crippen LogP contribution is 2.83. The Balaban J connectivity index is 1.81. The number of hydrogen-bond acceptors (Lipinski definition) is 4. The van der Waals surface area contributed by atoms with Gasteiger partial charge in [0.25, 0.3) is 0 Å². The van der Waals surface area contributed by atoms with Crippen molar-refractivity contribution in [3.05, 3.63) is 35.0 Å². The lowest BCUT2D eigenvalue weighted by atomic mass is 10.6. The molecule has 0 spiro atoms. The van der Waals surface area contributed by atoms with Crippen LogP contribution in [-0.2, 0) is 9.13 Å². The van der Waals surface area contributed by atoms with Gasteiger partial charge >= 0.3 is 15.2 Å². The largest absolute Gasteiger partial charge is 0.324 e. The molecule has 0 radical (unpaired) electrons.